The van der Waals surface area contributed by atoms with Crippen LogP contribution in [0.4, 0.5) is 0 Å². The molecule has 0 unspecified atom stereocenters. The Kier molecular flexibility index (Phi) is 4.64. The van der Waals surface area contributed by atoms with Gasteiger partial charge in [-0.25, -0.2) is 0 Å². The Morgan fingerprint density at radius 2 is 1.76 bits per heavy atom. The molecule has 6 heteroatoms. The van der Waals surface area contributed by atoms with Gasteiger partial charge in [0.05, 0.1) is 11.8 Å². The zero-order chi connectivity index (χ0) is 18.3. The van der Waals surface area contributed by atoms with Gasteiger partial charge < -0.3 is 5.73 Å². The molecule has 2 aliphatic rings. The second-order valence-corrected chi connectivity index (χ2v) is 7.12. The predicted molar refractivity (Wildman–Crippen MR) is 96.0 cm³/mol. The lowest BCUT2D eigenvalue weighted by molar-refractivity contribution is -0.141. The first-order valence-corrected chi connectivity index (χ1v) is 8.90. The number of rotatable bonds is 5. The maximum absolute atomic E-state index is 13.0. The van der Waals surface area contributed by atoms with Crippen molar-refractivity contribution in [2.24, 2.45) is 17.6 Å². The first-order chi connectivity index (χ1) is 11.9. The van der Waals surface area contributed by atoms with Gasteiger partial charge in [0.15, 0.2) is 0 Å². The summed E-state index contributed by atoms with van der Waals surface area (Å²) in [6.45, 7) is 4.60. The monoisotopic (exact) mass is 342 g/mol. The molecule has 2 fully saturated rings. The molecule has 4 atom stereocenters. The fraction of sp³-hybridized carbons (Fsp3) is 0.526. The Labute approximate surface area is 148 Å². The van der Waals surface area contributed by atoms with E-state index in [0.717, 1.165) is 18.4 Å². The molecule has 25 heavy (non-hydrogen) atoms. The maximum Gasteiger partial charge on any atom is 0.235 e. The average molecular weight is 342 g/mol. The van der Waals surface area contributed by atoms with E-state index in [0.29, 0.717) is 12.1 Å². The number of carbonyl (C=O) groups is 2. The van der Waals surface area contributed by atoms with Crippen LogP contribution in [0.1, 0.15) is 43.9 Å². The maximum atomic E-state index is 13.0. The average Bonchev–Trinajstić information content (AvgIpc) is 2.99. The van der Waals surface area contributed by atoms with Crippen LogP contribution in [0.15, 0.2) is 24.3 Å². The number of hydrogen-bond donors (Lipinski definition) is 2. The summed E-state index contributed by atoms with van der Waals surface area (Å²) >= 11 is 0. The Morgan fingerprint density at radius 3 is 2.32 bits per heavy atom. The molecular weight excluding hydrogens is 316 g/mol. The number of hydrogen-bond acceptors (Lipinski definition) is 4. The molecule has 0 spiro atoms. The number of nitrogen functional groups attached to an aromatic ring is 1. The molecule has 0 aliphatic carbocycles. The van der Waals surface area contributed by atoms with Crippen LogP contribution in [0.2, 0.25) is 0 Å². The van der Waals surface area contributed by atoms with Crippen LogP contribution in [0.25, 0.3) is 0 Å². The van der Waals surface area contributed by atoms with Crippen LogP contribution >= 0.6 is 0 Å². The van der Waals surface area contributed by atoms with E-state index in [4.69, 9.17) is 11.1 Å². The third-order valence-electron chi connectivity index (χ3n) is 5.73. The number of benzene rings is 1. The quantitative estimate of drug-likeness (QED) is 0.484. The van der Waals surface area contributed by atoms with Gasteiger partial charge in [-0.1, -0.05) is 37.6 Å². The Bertz CT molecular complexity index is 700. The first-order valence-electron chi connectivity index (χ1n) is 8.90. The largest absolute Gasteiger partial charge is 0.384 e. The molecule has 1 aromatic rings. The van der Waals surface area contributed by atoms with Gasteiger partial charge in [-0.2, -0.15) is 0 Å². The van der Waals surface area contributed by atoms with E-state index in [-0.39, 0.29) is 41.6 Å². The molecule has 2 heterocycles. The van der Waals surface area contributed by atoms with Crippen LogP contribution in [0, 0.1) is 17.2 Å². The van der Waals surface area contributed by atoms with Gasteiger partial charge in [-0.05, 0) is 26.0 Å². The number of nitrogens with one attached hydrogen (secondary N) is 1. The minimum atomic E-state index is -0.326. The molecule has 0 bridgehead atoms. The van der Waals surface area contributed by atoms with E-state index in [1.807, 2.05) is 26.1 Å². The standard InChI is InChI=1S/C19H26N4O2/c1-4-5-10-23-18(24)14-11(2)22(3)16(15(14)19(23)25)12-6-8-13(9-7-12)17(20)21/h6-9,11,14-16H,4-5,10H2,1-3H3,(H3,20,21)/t11-,14-,15-,16-/m0/s1. The van der Waals surface area contributed by atoms with Gasteiger partial charge in [0.2, 0.25) is 11.8 Å². The van der Waals surface area contributed by atoms with Crippen molar-refractivity contribution in [2.45, 2.75) is 38.8 Å². The summed E-state index contributed by atoms with van der Waals surface area (Å²) in [5, 5.41) is 7.52. The zero-order valence-corrected chi connectivity index (χ0v) is 15.0. The van der Waals surface area contributed by atoms with Crippen molar-refractivity contribution in [3.05, 3.63) is 35.4 Å². The Morgan fingerprint density at radius 1 is 1.16 bits per heavy atom. The summed E-state index contributed by atoms with van der Waals surface area (Å²) in [5.41, 5.74) is 7.18. The van der Waals surface area contributed by atoms with Gasteiger partial charge >= 0.3 is 0 Å². The number of fused-ring (bicyclic) bond motifs is 1. The molecule has 3 rings (SSSR count). The van der Waals surface area contributed by atoms with E-state index in [1.54, 1.807) is 12.1 Å². The summed E-state index contributed by atoms with van der Waals surface area (Å²) in [5.74, 6) is -0.638. The Balaban J connectivity index is 1.93. The molecule has 1 aromatic carbocycles. The van der Waals surface area contributed by atoms with Crippen molar-refractivity contribution < 1.29 is 9.59 Å². The van der Waals surface area contributed by atoms with E-state index < -0.39 is 0 Å². The summed E-state index contributed by atoms with van der Waals surface area (Å²) in [7, 11) is 1.98. The molecule has 0 aromatic heterocycles. The minimum absolute atomic E-state index is 0.0190. The molecule has 3 N–H and O–H groups in total. The van der Waals surface area contributed by atoms with E-state index in [2.05, 4.69) is 11.8 Å². The first kappa shape index (κ1) is 17.6. The van der Waals surface area contributed by atoms with Crippen molar-refractivity contribution in [3.63, 3.8) is 0 Å². The van der Waals surface area contributed by atoms with Crippen molar-refractivity contribution in [1.82, 2.24) is 9.80 Å². The highest BCUT2D eigenvalue weighted by Crippen LogP contribution is 2.48. The number of imide groups is 1. The number of likely N-dealkylation sites (tertiary alicyclic amines) is 2. The fourth-order valence-electron chi connectivity index (χ4n) is 4.21. The number of amides is 2. The predicted octanol–water partition coefficient (Wildman–Crippen LogP) is 1.75. The summed E-state index contributed by atoms with van der Waals surface area (Å²) in [4.78, 5) is 29.4. The second kappa shape index (κ2) is 6.59. The molecule has 0 saturated carbocycles. The van der Waals surface area contributed by atoms with Gasteiger partial charge in [-0.15, -0.1) is 0 Å². The molecule has 2 aliphatic heterocycles. The fourth-order valence-corrected chi connectivity index (χ4v) is 4.21. The third kappa shape index (κ3) is 2.74. The molecule has 2 saturated heterocycles. The van der Waals surface area contributed by atoms with Gasteiger partial charge in [0.1, 0.15) is 5.84 Å². The lowest BCUT2D eigenvalue weighted by Crippen LogP contribution is -2.39. The summed E-state index contributed by atoms with van der Waals surface area (Å²) in [6, 6.07) is 7.34. The number of amidine groups is 1. The highest BCUT2D eigenvalue weighted by molar-refractivity contribution is 6.06. The molecule has 2 amide bonds. The van der Waals surface area contributed by atoms with Crippen LogP contribution in [-0.4, -0.2) is 47.1 Å². The number of carbonyl (C=O) groups excluding carboxylic acids is 2. The van der Waals surface area contributed by atoms with Gasteiger partial charge in [0, 0.05) is 24.2 Å². The second-order valence-electron chi connectivity index (χ2n) is 7.12. The summed E-state index contributed by atoms with van der Waals surface area (Å²) in [6.07, 6.45) is 1.80. The lowest BCUT2D eigenvalue weighted by Gasteiger charge is -2.28. The molecule has 134 valence electrons. The molecular formula is C19H26N4O2. The Hall–Kier alpha value is -2.21. The van der Waals surface area contributed by atoms with Crippen LogP contribution in [-0.2, 0) is 9.59 Å². The molecule has 0 radical (unpaired) electrons. The van der Waals surface area contributed by atoms with E-state index in [9.17, 15) is 9.59 Å². The number of nitrogens with zero attached hydrogens (tertiary/aromatic N) is 2. The third-order valence-corrected chi connectivity index (χ3v) is 5.73. The van der Waals surface area contributed by atoms with Crippen molar-refractivity contribution >= 4 is 17.6 Å². The normalized spacial score (nSPS) is 29.3. The van der Waals surface area contributed by atoms with Crippen LogP contribution in [0.5, 0.6) is 0 Å². The van der Waals surface area contributed by atoms with Crippen molar-refractivity contribution in [2.75, 3.05) is 13.6 Å². The topological polar surface area (TPSA) is 90.5 Å². The van der Waals surface area contributed by atoms with Gasteiger partial charge in [-0.3, -0.25) is 24.8 Å². The van der Waals surface area contributed by atoms with Crippen molar-refractivity contribution in [1.29, 1.82) is 5.41 Å². The highest BCUT2D eigenvalue weighted by atomic mass is 16.2. The highest BCUT2D eigenvalue weighted by Gasteiger charge is 2.59. The van der Waals surface area contributed by atoms with Crippen LogP contribution in [0.3, 0.4) is 0 Å². The zero-order valence-electron chi connectivity index (χ0n) is 15.0. The van der Waals surface area contributed by atoms with Crippen molar-refractivity contribution in [3.8, 4) is 0 Å². The number of nitrogens with two attached hydrogens (primary N) is 1. The van der Waals surface area contributed by atoms with Crippen LogP contribution < -0.4 is 5.73 Å². The van der Waals surface area contributed by atoms with E-state index >= 15 is 0 Å². The van der Waals surface area contributed by atoms with E-state index in [1.165, 1.54) is 4.90 Å². The number of unbranched alkanes of at least 4 members (excludes halogenated alkanes) is 1. The molecule has 6 nitrogen and oxygen atoms in total. The minimum Gasteiger partial charge on any atom is -0.384 e. The summed E-state index contributed by atoms with van der Waals surface area (Å²) < 4.78 is 0. The SMILES string of the molecule is CCCCN1C(=O)[C@@H]2[C@H](C1=O)[C@H](c1ccc(C(=N)N)cc1)N(C)[C@H]2C. The lowest BCUT2D eigenvalue weighted by atomic mass is 9.86. The van der Waals surface area contributed by atoms with Gasteiger partial charge in [0.25, 0.3) is 0 Å². The smallest absolute Gasteiger partial charge is 0.235 e.